The van der Waals surface area contributed by atoms with Gasteiger partial charge in [0.2, 0.25) is 5.91 Å². The first-order valence-electron chi connectivity index (χ1n) is 9.00. The van der Waals surface area contributed by atoms with Crippen LogP contribution in [0.3, 0.4) is 0 Å². The average molecular weight is 369 g/mol. The first kappa shape index (κ1) is 19.0. The minimum atomic E-state index is -1.12. The standard InChI is InChI=1S/C21H24FN3O2/c1-15-8-9-16(14-18(15)22)19(26)24-10-12-25(13-11-24)20(27)21(2,23)17-6-4-3-5-7-17/h3-9,14H,10-13,23H2,1-2H3. The minimum absolute atomic E-state index is 0.165. The first-order valence-corrected chi connectivity index (χ1v) is 9.00. The lowest BCUT2D eigenvalue weighted by Crippen LogP contribution is -2.57. The van der Waals surface area contributed by atoms with Crippen LogP contribution in [0.15, 0.2) is 48.5 Å². The highest BCUT2D eigenvalue weighted by atomic mass is 19.1. The zero-order valence-electron chi connectivity index (χ0n) is 15.6. The molecule has 1 aliphatic rings. The van der Waals surface area contributed by atoms with E-state index in [1.165, 1.54) is 6.07 Å². The van der Waals surface area contributed by atoms with E-state index < -0.39 is 11.4 Å². The Balaban J connectivity index is 1.65. The maximum Gasteiger partial charge on any atom is 0.254 e. The van der Waals surface area contributed by atoms with E-state index >= 15 is 0 Å². The van der Waals surface area contributed by atoms with Gasteiger partial charge in [0.05, 0.1) is 0 Å². The number of piperazine rings is 1. The average Bonchev–Trinajstić information content (AvgIpc) is 2.69. The van der Waals surface area contributed by atoms with E-state index in [-0.39, 0.29) is 11.8 Å². The largest absolute Gasteiger partial charge is 0.337 e. The second-order valence-electron chi connectivity index (χ2n) is 7.12. The van der Waals surface area contributed by atoms with Gasteiger partial charge in [0, 0.05) is 31.7 Å². The molecule has 0 aliphatic carbocycles. The van der Waals surface area contributed by atoms with E-state index in [0.717, 1.165) is 5.56 Å². The first-order chi connectivity index (χ1) is 12.8. The van der Waals surface area contributed by atoms with E-state index in [9.17, 15) is 14.0 Å². The van der Waals surface area contributed by atoms with Crippen molar-refractivity contribution in [3.05, 3.63) is 71.0 Å². The van der Waals surface area contributed by atoms with Crippen molar-refractivity contribution in [2.45, 2.75) is 19.4 Å². The molecule has 1 saturated heterocycles. The topological polar surface area (TPSA) is 66.6 Å². The lowest BCUT2D eigenvalue weighted by molar-refractivity contribution is -0.138. The highest BCUT2D eigenvalue weighted by molar-refractivity contribution is 5.94. The number of benzene rings is 2. The Morgan fingerprint density at radius 1 is 1.00 bits per heavy atom. The van der Waals surface area contributed by atoms with Crippen LogP contribution in [0, 0.1) is 12.7 Å². The van der Waals surface area contributed by atoms with Gasteiger partial charge in [-0.2, -0.15) is 0 Å². The Morgan fingerprint density at radius 2 is 1.59 bits per heavy atom. The van der Waals surface area contributed by atoms with Crippen LogP contribution in [0.4, 0.5) is 4.39 Å². The third-order valence-corrected chi connectivity index (χ3v) is 5.09. The number of hydrogen-bond acceptors (Lipinski definition) is 3. The number of halogens is 1. The normalized spacial score (nSPS) is 16.7. The molecule has 0 bridgehead atoms. The molecule has 0 spiro atoms. The Morgan fingerprint density at radius 3 is 2.19 bits per heavy atom. The summed E-state index contributed by atoms with van der Waals surface area (Å²) in [6.45, 7) is 4.95. The van der Waals surface area contributed by atoms with Gasteiger partial charge in [0.25, 0.3) is 5.91 Å². The van der Waals surface area contributed by atoms with Gasteiger partial charge in [-0.05, 0) is 37.1 Å². The molecular weight excluding hydrogens is 345 g/mol. The number of hydrogen-bond donors (Lipinski definition) is 1. The zero-order valence-corrected chi connectivity index (χ0v) is 15.6. The number of aryl methyl sites for hydroxylation is 1. The molecule has 1 unspecified atom stereocenters. The fraction of sp³-hybridized carbons (Fsp3) is 0.333. The highest BCUT2D eigenvalue weighted by Gasteiger charge is 2.36. The monoisotopic (exact) mass is 369 g/mol. The van der Waals surface area contributed by atoms with Crippen LogP contribution < -0.4 is 5.73 Å². The van der Waals surface area contributed by atoms with Crippen LogP contribution in [0.1, 0.15) is 28.4 Å². The number of amides is 2. The summed E-state index contributed by atoms with van der Waals surface area (Å²) in [5, 5.41) is 0. The van der Waals surface area contributed by atoms with Crippen LogP contribution in [-0.2, 0) is 10.3 Å². The smallest absolute Gasteiger partial charge is 0.254 e. The quantitative estimate of drug-likeness (QED) is 0.903. The molecule has 0 aromatic heterocycles. The van der Waals surface area contributed by atoms with E-state index in [0.29, 0.717) is 37.3 Å². The Labute approximate surface area is 158 Å². The minimum Gasteiger partial charge on any atom is -0.337 e. The van der Waals surface area contributed by atoms with Crippen molar-refractivity contribution >= 4 is 11.8 Å². The van der Waals surface area contributed by atoms with Gasteiger partial charge < -0.3 is 15.5 Å². The molecule has 1 atom stereocenters. The summed E-state index contributed by atoms with van der Waals surface area (Å²) in [4.78, 5) is 28.8. The summed E-state index contributed by atoms with van der Waals surface area (Å²) < 4.78 is 13.7. The molecule has 1 aliphatic heterocycles. The van der Waals surface area contributed by atoms with Crippen molar-refractivity contribution in [2.24, 2.45) is 5.73 Å². The molecule has 6 heteroatoms. The summed E-state index contributed by atoms with van der Waals surface area (Å²) in [6, 6.07) is 13.7. The summed E-state index contributed by atoms with van der Waals surface area (Å²) >= 11 is 0. The Hall–Kier alpha value is -2.73. The van der Waals surface area contributed by atoms with Crippen LogP contribution in [0.2, 0.25) is 0 Å². The van der Waals surface area contributed by atoms with Gasteiger partial charge in [-0.1, -0.05) is 36.4 Å². The van der Waals surface area contributed by atoms with E-state index in [4.69, 9.17) is 5.73 Å². The number of rotatable bonds is 3. The van der Waals surface area contributed by atoms with Gasteiger partial charge in [0.15, 0.2) is 0 Å². The molecule has 0 radical (unpaired) electrons. The van der Waals surface area contributed by atoms with Crippen molar-refractivity contribution < 1.29 is 14.0 Å². The summed E-state index contributed by atoms with van der Waals surface area (Å²) in [5.41, 5.74) is 6.78. The second-order valence-corrected chi connectivity index (χ2v) is 7.12. The number of carbonyl (C=O) groups excluding carboxylic acids is 2. The SMILES string of the molecule is Cc1ccc(C(=O)N2CCN(C(=O)C(C)(N)c3ccccc3)CC2)cc1F. The van der Waals surface area contributed by atoms with Gasteiger partial charge in [-0.15, -0.1) is 0 Å². The molecule has 2 aromatic rings. The van der Waals surface area contributed by atoms with Crippen molar-refractivity contribution in [3.8, 4) is 0 Å². The van der Waals surface area contributed by atoms with E-state index in [1.807, 2.05) is 30.3 Å². The predicted octanol–water partition coefficient (Wildman–Crippen LogP) is 2.29. The van der Waals surface area contributed by atoms with E-state index in [1.54, 1.807) is 35.8 Å². The molecule has 5 nitrogen and oxygen atoms in total. The lowest BCUT2D eigenvalue weighted by Gasteiger charge is -2.38. The molecule has 2 N–H and O–H groups in total. The van der Waals surface area contributed by atoms with Crippen molar-refractivity contribution in [2.75, 3.05) is 26.2 Å². The maximum atomic E-state index is 13.7. The summed E-state index contributed by atoms with van der Waals surface area (Å²) in [6.07, 6.45) is 0. The zero-order chi connectivity index (χ0) is 19.6. The molecule has 1 heterocycles. The molecule has 2 aromatic carbocycles. The van der Waals surface area contributed by atoms with Crippen molar-refractivity contribution in [3.63, 3.8) is 0 Å². The molecule has 27 heavy (non-hydrogen) atoms. The molecule has 1 fully saturated rings. The summed E-state index contributed by atoms with van der Waals surface area (Å²) in [5.74, 6) is -0.779. The summed E-state index contributed by atoms with van der Waals surface area (Å²) in [7, 11) is 0. The van der Waals surface area contributed by atoms with Crippen molar-refractivity contribution in [1.82, 2.24) is 9.80 Å². The Bertz CT molecular complexity index is 844. The van der Waals surface area contributed by atoms with Crippen LogP contribution >= 0.6 is 0 Å². The van der Waals surface area contributed by atoms with E-state index in [2.05, 4.69) is 0 Å². The second kappa shape index (κ2) is 7.48. The van der Waals surface area contributed by atoms with Crippen LogP contribution in [0.5, 0.6) is 0 Å². The fourth-order valence-electron chi connectivity index (χ4n) is 3.26. The molecular formula is C21H24FN3O2. The van der Waals surface area contributed by atoms with Gasteiger partial charge in [-0.3, -0.25) is 9.59 Å². The van der Waals surface area contributed by atoms with Crippen LogP contribution in [0.25, 0.3) is 0 Å². The van der Waals surface area contributed by atoms with Gasteiger partial charge >= 0.3 is 0 Å². The third-order valence-electron chi connectivity index (χ3n) is 5.09. The lowest BCUT2D eigenvalue weighted by atomic mass is 9.91. The van der Waals surface area contributed by atoms with Gasteiger partial charge in [-0.25, -0.2) is 4.39 Å². The Kier molecular flexibility index (Phi) is 5.28. The fourth-order valence-corrected chi connectivity index (χ4v) is 3.26. The predicted molar refractivity (Wildman–Crippen MR) is 102 cm³/mol. The molecule has 2 amide bonds. The number of carbonyl (C=O) groups is 2. The van der Waals surface area contributed by atoms with Crippen LogP contribution in [-0.4, -0.2) is 47.8 Å². The number of nitrogens with two attached hydrogens (primary N) is 1. The maximum absolute atomic E-state index is 13.7. The molecule has 142 valence electrons. The third kappa shape index (κ3) is 3.85. The molecule has 0 saturated carbocycles. The van der Waals surface area contributed by atoms with Crippen molar-refractivity contribution in [1.29, 1.82) is 0 Å². The number of nitrogens with zero attached hydrogens (tertiary/aromatic N) is 2. The molecule has 3 rings (SSSR count). The highest BCUT2D eigenvalue weighted by Crippen LogP contribution is 2.21. The van der Waals surface area contributed by atoms with Gasteiger partial charge in [0.1, 0.15) is 11.4 Å².